The lowest BCUT2D eigenvalue weighted by atomic mass is 10.2. The zero-order valence-corrected chi connectivity index (χ0v) is 11.6. The molecule has 0 N–H and O–H groups in total. The van der Waals surface area contributed by atoms with Crippen LogP contribution in [0.4, 0.5) is 8.78 Å². The molecule has 0 atom stereocenters. The normalized spacial score (nSPS) is 10.4. The van der Waals surface area contributed by atoms with Crippen molar-refractivity contribution in [3.63, 3.8) is 0 Å². The fraction of sp³-hybridized carbons (Fsp3) is 0.188. The van der Waals surface area contributed by atoms with Crippen molar-refractivity contribution in [3.05, 3.63) is 76.2 Å². The summed E-state index contributed by atoms with van der Waals surface area (Å²) in [5.41, 5.74) is 0.554. The van der Waals surface area contributed by atoms with E-state index in [1.165, 1.54) is 10.6 Å². The smallest absolute Gasteiger partial charge is 0.261 e. The van der Waals surface area contributed by atoms with Gasteiger partial charge in [0.2, 0.25) is 0 Å². The van der Waals surface area contributed by atoms with Gasteiger partial charge in [-0.1, -0.05) is 12.6 Å². The SMILES string of the molecule is C=C(OCC)c1cccn(Cc2ccc(F)c(F)c2)c1=O. The molecule has 1 aromatic carbocycles. The standard InChI is InChI=1S/C16H15F2NO2/c1-3-21-11(2)13-5-4-8-19(16(13)20)10-12-6-7-14(17)15(18)9-12/h4-9H,2-3,10H2,1H3. The molecule has 2 rings (SSSR count). The fourth-order valence-electron chi connectivity index (χ4n) is 1.96. The maximum absolute atomic E-state index is 13.2. The number of halogens is 2. The van der Waals surface area contributed by atoms with Crippen LogP contribution in [-0.2, 0) is 11.3 Å². The van der Waals surface area contributed by atoms with E-state index in [0.29, 0.717) is 23.5 Å². The molecule has 2 aromatic rings. The zero-order chi connectivity index (χ0) is 15.4. The lowest BCUT2D eigenvalue weighted by Crippen LogP contribution is -2.23. The van der Waals surface area contributed by atoms with Crippen molar-refractivity contribution in [3.8, 4) is 0 Å². The van der Waals surface area contributed by atoms with Crippen LogP contribution in [0.3, 0.4) is 0 Å². The Bertz CT molecular complexity index is 722. The number of nitrogens with zero attached hydrogens (tertiary/aromatic N) is 1. The van der Waals surface area contributed by atoms with E-state index in [1.54, 1.807) is 25.3 Å². The van der Waals surface area contributed by atoms with E-state index in [-0.39, 0.29) is 12.1 Å². The fourth-order valence-corrected chi connectivity index (χ4v) is 1.96. The lowest BCUT2D eigenvalue weighted by Gasteiger charge is -2.10. The van der Waals surface area contributed by atoms with Gasteiger partial charge in [-0.05, 0) is 36.8 Å². The van der Waals surface area contributed by atoms with Gasteiger partial charge >= 0.3 is 0 Å². The van der Waals surface area contributed by atoms with Crippen LogP contribution in [0.15, 0.2) is 47.9 Å². The molecule has 1 aromatic heterocycles. The van der Waals surface area contributed by atoms with Gasteiger partial charge in [-0.25, -0.2) is 8.78 Å². The average molecular weight is 291 g/mol. The van der Waals surface area contributed by atoms with Gasteiger partial charge in [0.25, 0.3) is 5.56 Å². The van der Waals surface area contributed by atoms with Crippen LogP contribution in [0.5, 0.6) is 0 Å². The summed E-state index contributed by atoms with van der Waals surface area (Å²) >= 11 is 0. The van der Waals surface area contributed by atoms with Crippen molar-refractivity contribution in [2.24, 2.45) is 0 Å². The second-order valence-electron chi connectivity index (χ2n) is 4.46. The number of aromatic nitrogens is 1. The third kappa shape index (κ3) is 3.37. The summed E-state index contributed by atoms with van der Waals surface area (Å²) in [5.74, 6) is -1.55. The van der Waals surface area contributed by atoms with Crippen LogP contribution >= 0.6 is 0 Å². The molecule has 0 spiro atoms. The summed E-state index contributed by atoms with van der Waals surface area (Å²) < 4.78 is 32.7. The Kier molecular flexibility index (Phi) is 4.52. The number of hydrogen-bond acceptors (Lipinski definition) is 2. The topological polar surface area (TPSA) is 31.2 Å². The first-order valence-electron chi connectivity index (χ1n) is 6.48. The number of pyridine rings is 1. The average Bonchev–Trinajstić information content (AvgIpc) is 2.45. The first kappa shape index (κ1) is 15.0. The summed E-state index contributed by atoms with van der Waals surface area (Å²) in [7, 11) is 0. The van der Waals surface area contributed by atoms with Crippen LogP contribution in [-0.4, -0.2) is 11.2 Å². The Hall–Kier alpha value is -2.43. The largest absolute Gasteiger partial charge is 0.494 e. The highest BCUT2D eigenvalue weighted by Gasteiger charge is 2.09. The molecule has 1 heterocycles. The number of benzene rings is 1. The van der Waals surface area contributed by atoms with Crippen molar-refractivity contribution in [2.75, 3.05) is 6.61 Å². The van der Waals surface area contributed by atoms with E-state index in [0.717, 1.165) is 12.1 Å². The monoisotopic (exact) mass is 291 g/mol. The summed E-state index contributed by atoms with van der Waals surface area (Å²) in [4.78, 5) is 12.3. The van der Waals surface area contributed by atoms with Gasteiger partial charge in [0.05, 0.1) is 18.7 Å². The molecule has 5 heteroatoms. The third-order valence-corrected chi connectivity index (χ3v) is 2.98. The van der Waals surface area contributed by atoms with Crippen LogP contribution < -0.4 is 5.56 Å². The molecular weight excluding hydrogens is 276 g/mol. The highest BCUT2D eigenvalue weighted by atomic mass is 19.2. The maximum atomic E-state index is 13.2. The predicted molar refractivity (Wildman–Crippen MR) is 76.8 cm³/mol. The molecule has 21 heavy (non-hydrogen) atoms. The first-order chi connectivity index (χ1) is 10.0. The van der Waals surface area contributed by atoms with Crippen molar-refractivity contribution >= 4 is 5.76 Å². The van der Waals surface area contributed by atoms with Gasteiger partial charge in [-0.15, -0.1) is 0 Å². The molecule has 0 aliphatic rings. The molecule has 0 radical (unpaired) electrons. The van der Waals surface area contributed by atoms with E-state index in [4.69, 9.17) is 4.74 Å². The van der Waals surface area contributed by atoms with Crippen LogP contribution in [0.1, 0.15) is 18.1 Å². The molecular formula is C16H15F2NO2. The second kappa shape index (κ2) is 6.35. The highest BCUT2D eigenvalue weighted by Crippen LogP contribution is 2.11. The minimum atomic E-state index is -0.935. The van der Waals surface area contributed by atoms with Gasteiger partial charge < -0.3 is 9.30 Å². The molecule has 0 fully saturated rings. The summed E-state index contributed by atoms with van der Waals surface area (Å²) in [6, 6.07) is 6.85. The molecule has 0 saturated heterocycles. The van der Waals surface area contributed by atoms with E-state index in [1.807, 2.05) is 0 Å². The Morgan fingerprint density at radius 3 is 2.71 bits per heavy atom. The van der Waals surface area contributed by atoms with Gasteiger partial charge in [0.1, 0.15) is 5.76 Å². The zero-order valence-electron chi connectivity index (χ0n) is 11.6. The summed E-state index contributed by atoms with van der Waals surface area (Å²) in [6.07, 6.45) is 1.58. The minimum Gasteiger partial charge on any atom is -0.494 e. The molecule has 0 amide bonds. The Balaban J connectivity index is 2.32. The van der Waals surface area contributed by atoms with E-state index >= 15 is 0 Å². The molecule has 0 saturated carbocycles. The van der Waals surface area contributed by atoms with Crippen molar-refractivity contribution in [1.82, 2.24) is 4.57 Å². The van der Waals surface area contributed by atoms with E-state index < -0.39 is 11.6 Å². The van der Waals surface area contributed by atoms with E-state index in [2.05, 4.69) is 6.58 Å². The second-order valence-corrected chi connectivity index (χ2v) is 4.46. The maximum Gasteiger partial charge on any atom is 0.261 e. The van der Waals surface area contributed by atoms with Gasteiger partial charge in [0, 0.05) is 6.20 Å². The third-order valence-electron chi connectivity index (χ3n) is 2.98. The number of rotatable bonds is 5. The lowest BCUT2D eigenvalue weighted by molar-refractivity contribution is 0.298. The minimum absolute atomic E-state index is 0.142. The highest BCUT2D eigenvalue weighted by molar-refractivity contribution is 5.56. The van der Waals surface area contributed by atoms with E-state index in [9.17, 15) is 13.6 Å². The van der Waals surface area contributed by atoms with Crippen molar-refractivity contribution in [1.29, 1.82) is 0 Å². The quantitative estimate of drug-likeness (QED) is 0.792. The number of hydrogen-bond donors (Lipinski definition) is 0. The Labute approximate surface area is 121 Å². The summed E-state index contributed by atoms with van der Waals surface area (Å²) in [5, 5.41) is 0. The van der Waals surface area contributed by atoms with Crippen LogP contribution in [0, 0.1) is 11.6 Å². The molecule has 0 bridgehead atoms. The van der Waals surface area contributed by atoms with Gasteiger partial charge in [-0.2, -0.15) is 0 Å². The van der Waals surface area contributed by atoms with Crippen molar-refractivity contribution in [2.45, 2.75) is 13.5 Å². The summed E-state index contributed by atoms with van der Waals surface area (Å²) in [6.45, 7) is 6.06. The molecule has 110 valence electrons. The Morgan fingerprint density at radius 2 is 2.05 bits per heavy atom. The van der Waals surface area contributed by atoms with Crippen molar-refractivity contribution < 1.29 is 13.5 Å². The molecule has 0 aliphatic carbocycles. The molecule has 0 unspecified atom stereocenters. The van der Waals surface area contributed by atoms with Gasteiger partial charge in [0.15, 0.2) is 11.6 Å². The van der Waals surface area contributed by atoms with Crippen LogP contribution in [0.25, 0.3) is 5.76 Å². The molecule has 0 aliphatic heterocycles. The first-order valence-corrected chi connectivity index (χ1v) is 6.48. The van der Waals surface area contributed by atoms with Gasteiger partial charge in [-0.3, -0.25) is 4.79 Å². The Morgan fingerprint density at radius 1 is 1.29 bits per heavy atom. The number of ether oxygens (including phenoxy) is 1. The molecule has 3 nitrogen and oxygen atoms in total. The van der Waals surface area contributed by atoms with Crippen LogP contribution in [0.2, 0.25) is 0 Å². The predicted octanol–water partition coefficient (Wildman–Crippen LogP) is 3.18.